The monoisotopic (exact) mass is 284 g/mol. The molecule has 1 aromatic rings. The summed E-state index contributed by atoms with van der Waals surface area (Å²) in [6.07, 6.45) is 0. The molecule has 0 amide bonds. The van der Waals surface area contributed by atoms with Gasteiger partial charge in [0.15, 0.2) is 0 Å². The first-order chi connectivity index (χ1) is 9.05. The van der Waals surface area contributed by atoms with Crippen LogP contribution in [0.1, 0.15) is 19.4 Å². The second-order valence-electron chi connectivity index (χ2n) is 4.25. The van der Waals surface area contributed by atoms with Gasteiger partial charge in [-0.05, 0) is 31.5 Å². The van der Waals surface area contributed by atoms with E-state index in [-0.39, 0.29) is 12.6 Å². The van der Waals surface area contributed by atoms with Gasteiger partial charge in [0.2, 0.25) is 0 Å². The molecule has 0 saturated heterocycles. The number of ether oxygens (including phenoxy) is 2. The van der Waals surface area contributed by atoms with Crippen LogP contribution in [-0.4, -0.2) is 36.1 Å². The lowest BCUT2D eigenvalue weighted by molar-refractivity contribution is -0.146. The third-order valence-electron chi connectivity index (χ3n) is 2.73. The van der Waals surface area contributed by atoms with E-state index in [4.69, 9.17) is 9.47 Å². The second kappa shape index (κ2) is 7.40. The lowest BCUT2D eigenvalue weighted by atomic mass is 10.2. The lowest BCUT2D eigenvalue weighted by Gasteiger charge is -2.24. The third kappa shape index (κ3) is 4.44. The maximum Gasteiger partial charge on any atom is 0.324 e. The van der Waals surface area contributed by atoms with E-state index >= 15 is 0 Å². The molecule has 1 N–H and O–H groups in total. The maximum atomic E-state index is 11.8. The zero-order valence-electron chi connectivity index (χ0n) is 11.5. The van der Waals surface area contributed by atoms with E-state index in [0.29, 0.717) is 12.4 Å². The fourth-order valence-electron chi connectivity index (χ4n) is 1.42. The van der Waals surface area contributed by atoms with E-state index in [1.165, 1.54) is 11.8 Å². The van der Waals surface area contributed by atoms with Crippen molar-refractivity contribution in [1.29, 1.82) is 0 Å². The largest absolute Gasteiger partial charge is 0.497 e. The van der Waals surface area contributed by atoms with Gasteiger partial charge in [-0.2, -0.15) is 0 Å². The highest BCUT2D eigenvalue weighted by molar-refractivity contribution is 8.00. The summed E-state index contributed by atoms with van der Waals surface area (Å²) < 4.78 is 9.15. The van der Waals surface area contributed by atoms with E-state index in [0.717, 1.165) is 11.3 Å². The molecule has 0 bridgehead atoms. The number of thioether (sulfide) groups is 1. The molecule has 106 valence electrons. The van der Waals surface area contributed by atoms with Gasteiger partial charge in [0.05, 0.1) is 20.3 Å². The number of carbonyl (C=O) groups is 1. The van der Waals surface area contributed by atoms with Crippen LogP contribution in [0.4, 0.5) is 0 Å². The fraction of sp³-hybridized carbons (Fsp3) is 0.500. The summed E-state index contributed by atoms with van der Waals surface area (Å²) in [7, 11) is 1.62. The Morgan fingerprint density at radius 1 is 1.37 bits per heavy atom. The number of carbonyl (C=O) groups excluding carboxylic acids is 1. The average molecular weight is 284 g/mol. The molecular weight excluding hydrogens is 264 g/mol. The minimum absolute atomic E-state index is 0.243. The Balaban J connectivity index is 2.63. The molecule has 0 aromatic heterocycles. The van der Waals surface area contributed by atoms with Gasteiger partial charge < -0.3 is 14.6 Å². The molecule has 0 spiro atoms. The topological polar surface area (TPSA) is 55.8 Å². The van der Waals surface area contributed by atoms with Crippen LogP contribution < -0.4 is 4.74 Å². The van der Waals surface area contributed by atoms with E-state index < -0.39 is 4.75 Å². The molecule has 0 saturated carbocycles. The van der Waals surface area contributed by atoms with Gasteiger partial charge in [-0.3, -0.25) is 4.79 Å². The van der Waals surface area contributed by atoms with Crippen molar-refractivity contribution < 1.29 is 19.4 Å². The highest BCUT2D eigenvalue weighted by Gasteiger charge is 2.34. The summed E-state index contributed by atoms with van der Waals surface area (Å²) in [6.45, 7) is 3.52. The third-order valence-corrected chi connectivity index (χ3v) is 4.14. The molecule has 0 unspecified atom stereocenters. The van der Waals surface area contributed by atoms with Crippen molar-refractivity contribution in [2.24, 2.45) is 0 Å². The molecule has 1 atom stereocenters. The molecule has 0 aliphatic carbocycles. The van der Waals surface area contributed by atoms with Gasteiger partial charge in [0.25, 0.3) is 0 Å². The van der Waals surface area contributed by atoms with Gasteiger partial charge in [-0.15, -0.1) is 11.8 Å². The predicted octanol–water partition coefficient (Wildman–Crippen LogP) is 2.24. The Morgan fingerprint density at radius 2 is 2.00 bits per heavy atom. The fourth-order valence-corrected chi connectivity index (χ4v) is 2.36. The van der Waals surface area contributed by atoms with Gasteiger partial charge in [-0.1, -0.05) is 12.1 Å². The highest BCUT2D eigenvalue weighted by atomic mass is 32.2. The van der Waals surface area contributed by atoms with E-state index in [9.17, 15) is 9.90 Å². The summed E-state index contributed by atoms with van der Waals surface area (Å²) in [5.41, 5.74) is 1.06. The zero-order valence-corrected chi connectivity index (χ0v) is 12.3. The van der Waals surface area contributed by atoms with Gasteiger partial charge in [0, 0.05) is 5.75 Å². The number of hydrogen-bond acceptors (Lipinski definition) is 5. The number of rotatable bonds is 7. The Kier molecular flexibility index (Phi) is 6.18. The normalized spacial score (nSPS) is 13.7. The number of esters is 1. The summed E-state index contributed by atoms with van der Waals surface area (Å²) in [5, 5.41) is 9.40. The summed E-state index contributed by atoms with van der Waals surface area (Å²) in [5.74, 6) is 1.04. The minimum Gasteiger partial charge on any atom is -0.497 e. The first-order valence-corrected chi connectivity index (χ1v) is 7.09. The average Bonchev–Trinajstić information content (AvgIpc) is 2.45. The first-order valence-electron chi connectivity index (χ1n) is 6.10. The zero-order chi connectivity index (χ0) is 14.3. The van der Waals surface area contributed by atoms with Gasteiger partial charge in [-0.25, -0.2) is 0 Å². The van der Waals surface area contributed by atoms with Crippen molar-refractivity contribution in [3.8, 4) is 5.75 Å². The molecule has 5 heteroatoms. The van der Waals surface area contributed by atoms with Crippen LogP contribution in [0.2, 0.25) is 0 Å². The molecule has 1 rings (SSSR count). The molecule has 0 fully saturated rings. The van der Waals surface area contributed by atoms with Gasteiger partial charge >= 0.3 is 5.97 Å². The quantitative estimate of drug-likeness (QED) is 0.778. The summed E-state index contributed by atoms with van der Waals surface area (Å²) >= 11 is 1.37. The van der Waals surface area contributed by atoms with Crippen molar-refractivity contribution >= 4 is 17.7 Å². The maximum absolute atomic E-state index is 11.8. The van der Waals surface area contributed by atoms with Crippen LogP contribution in [0.3, 0.4) is 0 Å². The van der Waals surface area contributed by atoms with Gasteiger partial charge in [0.1, 0.15) is 10.5 Å². The number of methoxy groups -OCH3 is 1. The number of aliphatic hydroxyl groups is 1. The summed E-state index contributed by atoms with van der Waals surface area (Å²) in [6, 6.07) is 7.62. The molecule has 19 heavy (non-hydrogen) atoms. The summed E-state index contributed by atoms with van der Waals surface area (Å²) in [4.78, 5) is 11.8. The first kappa shape index (κ1) is 15.9. The van der Waals surface area contributed by atoms with Crippen LogP contribution in [0.5, 0.6) is 5.75 Å². The molecule has 4 nitrogen and oxygen atoms in total. The Morgan fingerprint density at radius 3 is 2.47 bits per heavy atom. The molecule has 0 aliphatic heterocycles. The van der Waals surface area contributed by atoms with E-state index in [1.54, 1.807) is 21.0 Å². The van der Waals surface area contributed by atoms with Crippen LogP contribution >= 0.6 is 11.8 Å². The van der Waals surface area contributed by atoms with Crippen molar-refractivity contribution in [2.45, 2.75) is 24.3 Å². The predicted molar refractivity (Wildman–Crippen MR) is 76.4 cm³/mol. The number of aliphatic hydroxyl groups excluding tert-OH is 1. The smallest absolute Gasteiger partial charge is 0.324 e. The second-order valence-corrected chi connectivity index (χ2v) is 5.72. The Labute approximate surface area is 118 Å². The lowest BCUT2D eigenvalue weighted by Crippen LogP contribution is -2.37. The SMILES string of the molecule is CCOC(=O)[C@](C)(CO)SCc1ccc(OC)cc1. The van der Waals surface area contributed by atoms with E-state index in [2.05, 4.69) is 0 Å². The molecule has 0 heterocycles. The molecule has 1 aromatic carbocycles. The molecule has 0 aliphatic rings. The number of benzene rings is 1. The minimum atomic E-state index is -0.921. The van der Waals surface area contributed by atoms with Crippen LogP contribution in [0.25, 0.3) is 0 Å². The van der Waals surface area contributed by atoms with Crippen molar-refractivity contribution in [1.82, 2.24) is 0 Å². The highest BCUT2D eigenvalue weighted by Crippen LogP contribution is 2.30. The standard InChI is InChI=1S/C14H20O4S/c1-4-18-13(16)14(2,10-15)19-9-11-5-7-12(17-3)8-6-11/h5-8,15H,4,9-10H2,1-3H3/t14-/m0/s1. The number of hydrogen-bond donors (Lipinski definition) is 1. The molecule has 0 radical (unpaired) electrons. The van der Waals surface area contributed by atoms with Crippen LogP contribution in [-0.2, 0) is 15.3 Å². The van der Waals surface area contributed by atoms with E-state index in [1.807, 2.05) is 24.3 Å². The van der Waals surface area contributed by atoms with Crippen LogP contribution in [0, 0.1) is 0 Å². The Bertz CT molecular complexity index is 404. The Hall–Kier alpha value is -1.20. The molecular formula is C14H20O4S. The van der Waals surface area contributed by atoms with Crippen molar-refractivity contribution in [3.05, 3.63) is 29.8 Å². The van der Waals surface area contributed by atoms with Crippen molar-refractivity contribution in [3.63, 3.8) is 0 Å². The van der Waals surface area contributed by atoms with Crippen LogP contribution in [0.15, 0.2) is 24.3 Å². The van der Waals surface area contributed by atoms with Crippen molar-refractivity contribution in [2.75, 3.05) is 20.3 Å².